The number of hydrogen-bond acceptors (Lipinski definition) is 3. The maximum atomic E-state index is 13.4. The van der Waals surface area contributed by atoms with Gasteiger partial charge in [-0.2, -0.15) is 0 Å². The molecule has 0 aromatic heterocycles. The van der Waals surface area contributed by atoms with Crippen LogP contribution < -0.4 is 10.2 Å². The second kappa shape index (κ2) is 9.50. The number of amides is 2. The quantitative estimate of drug-likeness (QED) is 0.591. The molecule has 1 atom stereocenters. The first-order chi connectivity index (χ1) is 15.8. The highest BCUT2D eigenvalue weighted by Gasteiger charge is 2.27. The number of carbonyl (C=O) groups excluding carboxylic acids is 2. The average molecular weight is 450 g/mol. The standard InChI is InChI=1S/C26H25F2N3O2/c1-30(2)23-8-5-13-31(24-7-4-3-6-22(23)24)26(33)17-9-11-21(12-10-17)29-25(32)18-14-19(27)16-20(28)15-18/h3-4,6-7,9-12,14-16,23H,5,8,13H2,1-2H3,(H,29,32). The molecule has 170 valence electrons. The predicted octanol–water partition coefficient (Wildman–Crippen LogP) is 5.26. The van der Waals surface area contributed by atoms with E-state index in [9.17, 15) is 18.4 Å². The maximum Gasteiger partial charge on any atom is 0.258 e. The number of fused-ring (bicyclic) bond motifs is 1. The molecule has 4 rings (SSSR count). The van der Waals surface area contributed by atoms with Crippen LogP contribution in [0.1, 0.15) is 45.2 Å². The molecule has 0 aliphatic carbocycles. The number of nitrogens with one attached hydrogen (secondary N) is 1. The summed E-state index contributed by atoms with van der Waals surface area (Å²) in [5, 5.41) is 2.60. The first kappa shape index (κ1) is 22.6. The monoisotopic (exact) mass is 449 g/mol. The Labute approximate surface area is 191 Å². The molecule has 7 heteroatoms. The molecule has 1 aliphatic heterocycles. The average Bonchev–Trinajstić information content (AvgIpc) is 2.98. The van der Waals surface area contributed by atoms with Gasteiger partial charge < -0.3 is 15.1 Å². The fraction of sp³-hybridized carbons (Fsp3) is 0.231. The number of hydrogen-bond donors (Lipinski definition) is 1. The Kier molecular flexibility index (Phi) is 6.51. The molecule has 5 nitrogen and oxygen atoms in total. The zero-order valence-corrected chi connectivity index (χ0v) is 18.5. The molecule has 1 unspecified atom stereocenters. The largest absolute Gasteiger partial charge is 0.322 e. The Hall–Kier alpha value is -3.58. The van der Waals surface area contributed by atoms with Crippen molar-refractivity contribution in [3.8, 4) is 0 Å². The number of halogens is 2. The maximum absolute atomic E-state index is 13.4. The van der Waals surface area contributed by atoms with Gasteiger partial charge in [-0.05, 0) is 75.0 Å². The van der Waals surface area contributed by atoms with Crippen LogP contribution in [0, 0.1) is 11.6 Å². The molecule has 33 heavy (non-hydrogen) atoms. The Morgan fingerprint density at radius 3 is 2.27 bits per heavy atom. The van der Waals surface area contributed by atoms with Crippen LogP contribution in [0.5, 0.6) is 0 Å². The third kappa shape index (κ3) is 4.93. The number of nitrogens with zero attached hydrogens (tertiary/aromatic N) is 2. The molecule has 0 saturated heterocycles. The normalized spacial score (nSPS) is 15.7. The van der Waals surface area contributed by atoms with E-state index in [-0.39, 0.29) is 17.5 Å². The third-order valence-corrected chi connectivity index (χ3v) is 5.83. The van der Waals surface area contributed by atoms with E-state index < -0.39 is 17.5 Å². The van der Waals surface area contributed by atoms with Gasteiger partial charge in [0.25, 0.3) is 11.8 Å². The van der Waals surface area contributed by atoms with Gasteiger partial charge in [0.2, 0.25) is 0 Å². The van der Waals surface area contributed by atoms with E-state index in [1.807, 2.05) is 37.2 Å². The second-order valence-corrected chi connectivity index (χ2v) is 8.33. The molecule has 0 fully saturated rings. The van der Waals surface area contributed by atoms with Crippen molar-refractivity contribution in [2.24, 2.45) is 0 Å². The van der Waals surface area contributed by atoms with Gasteiger partial charge in [-0.1, -0.05) is 18.2 Å². The summed E-state index contributed by atoms with van der Waals surface area (Å²) >= 11 is 0. The van der Waals surface area contributed by atoms with Crippen molar-refractivity contribution >= 4 is 23.2 Å². The van der Waals surface area contributed by atoms with Gasteiger partial charge in [-0.15, -0.1) is 0 Å². The van der Waals surface area contributed by atoms with Gasteiger partial charge in [0, 0.05) is 41.2 Å². The number of rotatable bonds is 4. The molecular weight excluding hydrogens is 424 g/mol. The minimum atomic E-state index is -0.824. The highest BCUT2D eigenvalue weighted by molar-refractivity contribution is 6.07. The molecule has 2 amide bonds. The molecule has 0 radical (unpaired) electrons. The van der Waals surface area contributed by atoms with Crippen LogP contribution in [0.15, 0.2) is 66.7 Å². The SMILES string of the molecule is CN(C)C1CCCN(C(=O)c2ccc(NC(=O)c3cc(F)cc(F)c3)cc2)c2ccccc21. The highest BCUT2D eigenvalue weighted by atomic mass is 19.1. The molecule has 0 bridgehead atoms. The van der Waals surface area contributed by atoms with Crippen LogP contribution in [-0.2, 0) is 0 Å². The first-order valence-corrected chi connectivity index (χ1v) is 10.8. The number of anilines is 2. The van der Waals surface area contributed by atoms with Crippen LogP contribution in [0.2, 0.25) is 0 Å². The predicted molar refractivity (Wildman–Crippen MR) is 125 cm³/mol. The summed E-state index contributed by atoms with van der Waals surface area (Å²) in [5.41, 5.74) is 2.82. The van der Waals surface area contributed by atoms with Crippen LogP contribution in [-0.4, -0.2) is 37.4 Å². The Morgan fingerprint density at radius 2 is 1.61 bits per heavy atom. The minimum Gasteiger partial charge on any atom is -0.322 e. The topological polar surface area (TPSA) is 52.6 Å². The van der Waals surface area contributed by atoms with E-state index in [0.29, 0.717) is 23.9 Å². The van der Waals surface area contributed by atoms with Gasteiger partial charge in [0.1, 0.15) is 11.6 Å². The third-order valence-electron chi connectivity index (χ3n) is 5.83. The van der Waals surface area contributed by atoms with E-state index in [1.54, 1.807) is 24.3 Å². The van der Waals surface area contributed by atoms with E-state index in [1.165, 1.54) is 0 Å². The van der Waals surface area contributed by atoms with Crippen molar-refractivity contribution in [2.45, 2.75) is 18.9 Å². The summed E-state index contributed by atoms with van der Waals surface area (Å²) in [6.07, 6.45) is 1.83. The van der Waals surface area contributed by atoms with E-state index in [2.05, 4.69) is 16.3 Å². The van der Waals surface area contributed by atoms with Crippen molar-refractivity contribution in [1.29, 1.82) is 0 Å². The van der Waals surface area contributed by atoms with Gasteiger partial charge in [0.15, 0.2) is 0 Å². The lowest BCUT2D eigenvalue weighted by molar-refractivity contribution is 0.0985. The molecule has 0 spiro atoms. The van der Waals surface area contributed by atoms with Gasteiger partial charge in [0.05, 0.1) is 0 Å². The van der Waals surface area contributed by atoms with Crippen LogP contribution >= 0.6 is 0 Å². The molecule has 3 aromatic carbocycles. The fourth-order valence-electron chi connectivity index (χ4n) is 4.22. The number of benzene rings is 3. The van der Waals surface area contributed by atoms with Crippen molar-refractivity contribution in [3.05, 3.63) is 95.1 Å². The summed E-state index contributed by atoms with van der Waals surface area (Å²) in [6, 6.07) is 17.3. The lowest BCUT2D eigenvalue weighted by atomic mass is 10.0. The van der Waals surface area contributed by atoms with E-state index in [0.717, 1.165) is 36.2 Å². The van der Waals surface area contributed by atoms with E-state index in [4.69, 9.17) is 0 Å². The number of carbonyl (C=O) groups is 2. The Balaban J connectivity index is 1.53. The van der Waals surface area contributed by atoms with Crippen LogP contribution in [0.25, 0.3) is 0 Å². The Morgan fingerprint density at radius 1 is 0.939 bits per heavy atom. The van der Waals surface area contributed by atoms with Crippen molar-refractivity contribution in [3.63, 3.8) is 0 Å². The lowest BCUT2D eigenvalue weighted by Crippen LogP contribution is -2.31. The molecule has 1 heterocycles. The molecule has 3 aromatic rings. The van der Waals surface area contributed by atoms with Crippen molar-refractivity contribution in [1.82, 2.24) is 4.90 Å². The smallest absolute Gasteiger partial charge is 0.258 e. The number of para-hydroxylation sites is 1. The first-order valence-electron chi connectivity index (χ1n) is 10.8. The van der Waals surface area contributed by atoms with Crippen molar-refractivity contribution < 1.29 is 18.4 Å². The molecule has 0 saturated carbocycles. The lowest BCUT2D eigenvalue weighted by Gasteiger charge is -2.27. The summed E-state index contributed by atoms with van der Waals surface area (Å²) in [5.74, 6) is -2.40. The van der Waals surface area contributed by atoms with Crippen molar-refractivity contribution in [2.75, 3.05) is 30.9 Å². The minimum absolute atomic E-state index is 0.119. The van der Waals surface area contributed by atoms with Crippen LogP contribution in [0.3, 0.4) is 0 Å². The summed E-state index contributed by atoms with van der Waals surface area (Å²) in [4.78, 5) is 29.7. The van der Waals surface area contributed by atoms with Gasteiger partial charge in [-0.3, -0.25) is 9.59 Å². The zero-order valence-electron chi connectivity index (χ0n) is 18.5. The molecular formula is C26H25F2N3O2. The zero-order chi connectivity index (χ0) is 23.5. The summed E-state index contributed by atoms with van der Waals surface area (Å²) < 4.78 is 26.8. The second-order valence-electron chi connectivity index (χ2n) is 8.33. The summed E-state index contributed by atoms with van der Waals surface area (Å²) in [7, 11) is 4.09. The van der Waals surface area contributed by atoms with Crippen LogP contribution in [0.4, 0.5) is 20.2 Å². The summed E-state index contributed by atoms with van der Waals surface area (Å²) in [6.45, 7) is 0.615. The molecule has 1 aliphatic rings. The van der Waals surface area contributed by atoms with Gasteiger partial charge in [-0.25, -0.2) is 8.78 Å². The Bertz CT molecular complexity index is 1160. The highest BCUT2D eigenvalue weighted by Crippen LogP contribution is 2.36. The van der Waals surface area contributed by atoms with Gasteiger partial charge >= 0.3 is 0 Å². The fourth-order valence-corrected chi connectivity index (χ4v) is 4.22. The molecule has 1 N–H and O–H groups in total. The van der Waals surface area contributed by atoms with E-state index >= 15 is 0 Å².